The molecule has 1 aliphatic rings. The predicted molar refractivity (Wildman–Crippen MR) is 87.2 cm³/mol. The number of nitrogens with one attached hydrogen (secondary N) is 2. The van der Waals surface area contributed by atoms with Crippen LogP contribution in [-0.4, -0.2) is 25.9 Å². The molecule has 1 aliphatic carbocycles. The molecule has 2 N–H and O–H groups in total. The zero-order valence-corrected chi connectivity index (χ0v) is 14.5. The maximum Gasteiger partial charge on any atom is 0.209 e. The molecule has 0 fully saturated rings. The summed E-state index contributed by atoms with van der Waals surface area (Å²) in [6.45, 7) is 0.507. The molecule has 6 nitrogen and oxygen atoms in total. The second-order valence-electron chi connectivity index (χ2n) is 6.19. The summed E-state index contributed by atoms with van der Waals surface area (Å²) in [5.74, 6) is -0.951. The van der Waals surface area contributed by atoms with Gasteiger partial charge in [0, 0.05) is 24.6 Å². The van der Waals surface area contributed by atoms with Gasteiger partial charge in [-0.25, -0.2) is 21.9 Å². The summed E-state index contributed by atoms with van der Waals surface area (Å²) in [6.07, 6.45) is 3.25. The van der Waals surface area contributed by atoms with Crippen molar-refractivity contribution in [3.05, 3.63) is 52.4 Å². The van der Waals surface area contributed by atoms with Crippen LogP contribution in [0.15, 0.2) is 22.7 Å². The Morgan fingerprint density at radius 1 is 1.28 bits per heavy atom. The van der Waals surface area contributed by atoms with Gasteiger partial charge in [-0.15, -0.1) is 0 Å². The predicted octanol–water partition coefficient (Wildman–Crippen LogP) is 1.65. The van der Waals surface area contributed by atoms with E-state index in [1.165, 1.54) is 6.07 Å². The third kappa shape index (κ3) is 4.62. The van der Waals surface area contributed by atoms with E-state index in [9.17, 15) is 17.2 Å². The van der Waals surface area contributed by atoms with Crippen LogP contribution in [0.4, 0.5) is 8.78 Å². The molecule has 136 valence electrons. The van der Waals surface area contributed by atoms with Gasteiger partial charge in [0.1, 0.15) is 11.5 Å². The van der Waals surface area contributed by atoms with E-state index in [4.69, 9.17) is 4.52 Å². The Balaban J connectivity index is 1.62. The minimum Gasteiger partial charge on any atom is -0.361 e. The minimum atomic E-state index is -3.31. The standard InChI is InChI=1S/C16H19F2N3O3S/c1-25(22,23)20-9-15-12-7-11(3-5-16(12)24-21-15)19-8-10-2-4-13(17)14(18)6-10/h2,4,6,11,19-20H,3,5,7-9H2,1H3. The fraction of sp³-hybridized carbons (Fsp3) is 0.438. The van der Waals surface area contributed by atoms with Crippen molar-refractivity contribution in [1.82, 2.24) is 15.2 Å². The summed E-state index contributed by atoms with van der Waals surface area (Å²) in [5.41, 5.74) is 2.15. The highest BCUT2D eigenvalue weighted by atomic mass is 32.2. The topological polar surface area (TPSA) is 84.2 Å². The summed E-state index contributed by atoms with van der Waals surface area (Å²) in [6, 6.07) is 3.95. The second-order valence-corrected chi connectivity index (χ2v) is 8.03. The molecule has 0 radical (unpaired) electrons. The van der Waals surface area contributed by atoms with Gasteiger partial charge in [-0.1, -0.05) is 11.2 Å². The summed E-state index contributed by atoms with van der Waals surface area (Å²) < 4.78 is 56.4. The van der Waals surface area contributed by atoms with Crippen molar-refractivity contribution in [2.75, 3.05) is 6.26 Å². The monoisotopic (exact) mass is 371 g/mol. The highest BCUT2D eigenvalue weighted by molar-refractivity contribution is 7.88. The number of hydrogen-bond acceptors (Lipinski definition) is 5. The van der Waals surface area contributed by atoms with Crippen LogP contribution < -0.4 is 10.0 Å². The molecule has 9 heteroatoms. The largest absolute Gasteiger partial charge is 0.361 e. The van der Waals surface area contributed by atoms with Crippen molar-refractivity contribution in [2.24, 2.45) is 0 Å². The van der Waals surface area contributed by atoms with E-state index in [0.29, 0.717) is 30.6 Å². The second kappa shape index (κ2) is 7.19. The van der Waals surface area contributed by atoms with E-state index in [2.05, 4.69) is 15.2 Å². The van der Waals surface area contributed by atoms with Crippen LogP contribution in [0.1, 0.15) is 29.0 Å². The Kier molecular flexibility index (Phi) is 5.16. The number of nitrogens with zero attached hydrogens (tertiary/aromatic N) is 1. The first-order valence-corrected chi connectivity index (χ1v) is 9.79. The SMILES string of the molecule is CS(=O)(=O)NCc1noc2c1CC(NCc1ccc(F)c(F)c1)CC2. The molecule has 1 atom stereocenters. The lowest BCUT2D eigenvalue weighted by Crippen LogP contribution is -2.34. The lowest BCUT2D eigenvalue weighted by molar-refractivity contribution is 0.351. The van der Waals surface area contributed by atoms with Crippen LogP contribution in [0, 0.1) is 11.6 Å². The van der Waals surface area contributed by atoms with E-state index in [1.54, 1.807) is 6.07 Å². The molecule has 25 heavy (non-hydrogen) atoms. The fourth-order valence-corrected chi connectivity index (χ4v) is 3.29. The number of rotatable bonds is 6. The van der Waals surface area contributed by atoms with Crippen molar-refractivity contribution in [3.8, 4) is 0 Å². The summed E-state index contributed by atoms with van der Waals surface area (Å²) in [7, 11) is -3.31. The highest BCUT2D eigenvalue weighted by Crippen LogP contribution is 2.25. The molecule has 1 heterocycles. The first kappa shape index (κ1) is 18.0. The maximum absolute atomic E-state index is 13.3. The molecule has 0 saturated carbocycles. The van der Waals surface area contributed by atoms with Crippen LogP contribution in [0.25, 0.3) is 0 Å². The van der Waals surface area contributed by atoms with E-state index in [1.807, 2.05) is 0 Å². The van der Waals surface area contributed by atoms with Crippen LogP contribution in [0.5, 0.6) is 0 Å². The molecule has 2 aromatic rings. The maximum atomic E-state index is 13.3. The normalized spacial score (nSPS) is 17.5. The Morgan fingerprint density at radius 2 is 2.08 bits per heavy atom. The lowest BCUT2D eigenvalue weighted by Gasteiger charge is -2.22. The molecule has 0 saturated heterocycles. The lowest BCUT2D eigenvalue weighted by atomic mass is 9.92. The number of hydrogen-bond donors (Lipinski definition) is 2. The van der Waals surface area contributed by atoms with Gasteiger partial charge in [0.05, 0.1) is 12.8 Å². The Labute approximate surface area is 144 Å². The van der Waals surface area contributed by atoms with Gasteiger partial charge in [-0.3, -0.25) is 0 Å². The summed E-state index contributed by atoms with van der Waals surface area (Å²) in [4.78, 5) is 0. The number of sulfonamides is 1. The molecule has 1 unspecified atom stereocenters. The zero-order valence-electron chi connectivity index (χ0n) is 13.7. The van der Waals surface area contributed by atoms with Crippen molar-refractivity contribution in [1.29, 1.82) is 0 Å². The van der Waals surface area contributed by atoms with Gasteiger partial charge in [0.2, 0.25) is 10.0 Å². The number of benzene rings is 1. The number of aromatic nitrogens is 1. The number of fused-ring (bicyclic) bond motifs is 1. The average molecular weight is 371 g/mol. The first-order chi connectivity index (χ1) is 11.8. The zero-order chi connectivity index (χ0) is 18.0. The van der Waals surface area contributed by atoms with Crippen LogP contribution in [-0.2, 0) is 36.0 Å². The highest BCUT2D eigenvalue weighted by Gasteiger charge is 2.25. The number of halogens is 2. The third-order valence-corrected chi connectivity index (χ3v) is 4.87. The molecule has 0 amide bonds. The Bertz CT molecular complexity index is 868. The fourth-order valence-electron chi connectivity index (χ4n) is 2.89. The molecule has 0 bridgehead atoms. The molecular weight excluding hydrogens is 352 g/mol. The van der Waals surface area contributed by atoms with Crippen molar-refractivity contribution >= 4 is 10.0 Å². The van der Waals surface area contributed by atoms with Crippen molar-refractivity contribution in [3.63, 3.8) is 0 Å². The quantitative estimate of drug-likeness (QED) is 0.807. The molecule has 0 spiro atoms. The molecule has 0 aliphatic heterocycles. The molecular formula is C16H19F2N3O3S. The van der Waals surface area contributed by atoms with E-state index in [-0.39, 0.29) is 12.6 Å². The van der Waals surface area contributed by atoms with E-state index >= 15 is 0 Å². The van der Waals surface area contributed by atoms with Gasteiger partial charge in [0.25, 0.3) is 0 Å². The van der Waals surface area contributed by atoms with Gasteiger partial charge < -0.3 is 9.84 Å². The van der Waals surface area contributed by atoms with Gasteiger partial charge >= 0.3 is 0 Å². The third-order valence-electron chi connectivity index (χ3n) is 4.20. The number of aryl methyl sites for hydroxylation is 1. The van der Waals surface area contributed by atoms with E-state index < -0.39 is 21.7 Å². The van der Waals surface area contributed by atoms with Crippen LogP contribution in [0.2, 0.25) is 0 Å². The van der Waals surface area contributed by atoms with Crippen molar-refractivity contribution < 1.29 is 21.7 Å². The average Bonchev–Trinajstić information content (AvgIpc) is 2.96. The van der Waals surface area contributed by atoms with Gasteiger partial charge in [0.15, 0.2) is 11.6 Å². The summed E-state index contributed by atoms with van der Waals surface area (Å²) >= 11 is 0. The molecule has 1 aromatic heterocycles. The Morgan fingerprint density at radius 3 is 2.80 bits per heavy atom. The van der Waals surface area contributed by atoms with Crippen LogP contribution in [0.3, 0.4) is 0 Å². The first-order valence-electron chi connectivity index (χ1n) is 7.90. The summed E-state index contributed by atoms with van der Waals surface area (Å²) in [5, 5.41) is 7.27. The van der Waals surface area contributed by atoms with Gasteiger partial charge in [-0.2, -0.15) is 0 Å². The Hall–Kier alpha value is -1.84. The van der Waals surface area contributed by atoms with Crippen LogP contribution >= 0.6 is 0 Å². The van der Waals surface area contributed by atoms with Gasteiger partial charge in [-0.05, 0) is 30.5 Å². The molecule has 3 rings (SSSR count). The van der Waals surface area contributed by atoms with E-state index in [0.717, 1.165) is 30.1 Å². The minimum absolute atomic E-state index is 0.0908. The smallest absolute Gasteiger partial charge is 0.209 e. The molecule has 1 aromatic carbocycles. The van der Waals surface area contributed by atoms with Crippen molar-refractivity contribution in [2.45, 2.75) is 38.4 Å².